The molecule has 0 N–H and O–H groups in total. The summed E-state index contributed by atoms with van der Waals surface area (Å²) in [7, 11) is 0. The predicted molar refractivity (Wildman–Crippen MR) is 246 cm³/mol. The molecule has 2 aliphatic heterocycles. The molecule has 0 atom stereocenters. The molecular formula is C54H36BN3. The van der Waals surface area contributed by atoms with Gasteiger partial charge in [0.1, 0.15) is 0 Å². The van der Waals surface area contributed by atoms with Crippen molar-refractivity contribution < 1.29 is 0 Å². The zero-order valence-corrected chi connectivity index (χ0v) is 31.7. The van der Waals surface area contributed by atoms with Gasteiger partial charge >= 0.3 is 0 Å². The quantitative estimate of drug-likeness (QED) is 0.163. The fraction of sp³-hybridized carbons (Fsp3) is 0. The van der Waals surface area contributed by atoms with Crippen LogP contribution in [0, 0.1) is 0 Å². The first-order valence-corrected chi connectivity index (χ1v) is 20.1. The zero-order chi connectivity index (χ0) is 38.2. The molecule has 0 amide bonds. The molecule has 0 fully saturated rings. The summed E-state index contributed by atoms with van der Waals surface area (Å²) in [5.74, 6) is 0. The van der Waals surface area contributed by atoms with Crippen molar-refractivity contribution in [3.8, 4) is 27.9 Å². The number of aromatic nitrogens is 1. The van der Waals surface area contributed by atoms with E-state index in [1.807, 2.05) is 0 Å². The van der Waals surface area contributed by atoms with Crippen molar-refractivity contribution in [1.29, 1.82) is 0 Å². The van der Waals surface area contributed by atoms with Gasteiger partial charge in [0.2, 0.25) is 0 Å². The van der Waals surface area contributed by atoms with Crippen LogP contribution in [0.5, 0.6) is 0 Å². The Balaban J connectivity index is 1.14. The SMILES string of the molecule is c1ccc(-c2ccc(-c3ccccc3)c(N3c4ccccc4B4c5ccccc5N(c5ccccc5-n5c6ccccc6c6ccccc65)c5cccc3c54)c2)cc1. The summed E-state index contributed by atoms with van der Waals surface area (Å²) in [5.41, 5.74) is 19.3. The van der Waals surface area contributed by atoms with Crippen molar-refractivity contribution in [1.82, 2.24) is 4.57 Å². The second-order valence-electron chi connectivity index (χ2n) is 15.3. The maximum Gasteiger partial charge on any atom is 0.252 e. The third kappa shape index (κ3) is 4.82. The Labute approximate surface area is 338 Å². The monoisotopic (exact) mass is 737 g/mol. The first kappa shape index (κ1) is 32.7. The highest BCUT2D eigenvalue weighted by Gasteiger charge is 2.43. The lowest BCUT2D eigenvalue weighted by Gasteiger charge is -2.44. The number of hydrogen-bond donors (Lipinski definition) is 0. The normalized spacial score (nSPS) is 12.7. The number of anilines is 6. The van der Waals surface area contributed by atoms with Crippen LogP contribution >= 0.6 is 0 Å². The average molecular weight is 738 g/mol. The van der Waals surface area contributed by atoms with Gasteiger partial charge in [-0.3, -0.25) is 0 Å². The lowest BCUT2D eigenvalue weighted by atomic mass is 9.33. The molecule has 0 aliphatic carbocycles. The van der Waals surface area contributed by atoms with E-state index in [4.69, 9.17) is 0 Å². The van der Waals surface area contributed by atoms with E-state index >= 15 is 0 Å². The van der Waals surface area contributed by atoms with E-state index in [1.54, 1.807) is 0 Å². The fourth-order valence-corrected chi connectivity index (χ4v) is 9.77. The largest absolute Gasteiger partial charge is 0.311 e. The van der Waals surface area contributed by atoms with E-state index in [0.717, 1.165) is 17.1 Å². The van der Waals surface area contributed by atoms with E-state index in [1.165, 1.54) is 83.2 Å². The zero-order valence-electron chi connectivity index (χ0n) is 31.7. The molecule has 0 bridgehead atoms. The highest BCUT2D eigenvalue weighted by Crippen LogP contribution is 2.48. The minimum absolute atomic E-state index is 0.0454. The van der Waals surface area contributed by atoms with Crippen LogP contribution in [0.3, 0.4) is 0 Å². The molecule has 0 unspecified atom stereocenters. The fourth-order valence-electron chi connectivity index (χ4n) is 9.77. The van der Waals surface area contributed by atoms with Crippen molar-refractivity contribution in [2.45, 2.75) is 0 Å². The number of para-hydroxylation sites is 6. The summed E-state index contributed by atoms with van der Waals surface area (Å²) >= 11 is 0. The molecule has 0 spiro atoms. The van der Waals surface area contributed by atoms with E-state index in [2.05, 4.69) is 233 Å². The maximum atomic E-state index is 2.53. The first-order valence-electron chi connectivity index (χ1n) is 20.1. The predicted octanol–water partition coefficient (Wildman–Crippen LogP) is 12.2. The summed E-state index contributed by atoms with van der Waals surface area (Å²) in [4.78, 5) is 5.05. The summed E-state index contributed by atoms with van der Waals surface area (Å²) in [6.07, 6.45) is 0. The standard InChI is InChI=1S/C54H36BN3/c1-3-18-37(19-4-1)39-34-35-40(38-20-5-2-6-21-38)53(36-39)58-48-29-14-10-25-44(48)55-43-24-9-13-28-47(43)57(51-32-17-33-52(58)54(51)55)50-31-16-15-30-49(50)56-45-26-11-7-22-41(45)42-23-8-12-27-46(42)56/h1-36H. The molecule has 270 valence electrons. The third-order valence-corrected chi connectivity index (χ3v) is 12.2. The van der Waals surface area contributed by atoms with Crippen LogP contribution < -0.4 is 26.2 Å². The van der Waals surface area contributed by atoms with Crippen molar-refractivity contribution in [3.05, 3.63) is 218 Å². The Bertz CT molecular complexity index is 3150. The van der Waals surface area contributed by atoms with Gasteiger partial charge < -0.3 is 14.4 Å². The lowest BCUT2D eigenvalue weighted by molar-refractivity contribution is 1.15. The lowest BCUT2D eigenvalue weighted by Crippen LogP contribution is -2.61. The van der Waals surface area contributed by atoms with Crippen molar-refractivity contribution in [2.24, 2.45) is 0 Å². The van der Waals surface area contributed by atoms with Crippen LogP contribution in [0.15, 0.2) is 218 Å². The number of fused-ring (bicyclic) bond motifs is 7. The molecule has 3 nitrogen and oxygen atoms in total. The van der Waals surface area contributed by atoms with Crippen LogP contribution in [0.1, 0.15) is 0 Å². The Morgan fingerprint density at radius 1 is 0.293 bits per heavy atom. The summed E-state index contributed by atoms with van der Waals surface area (Å²) in [6.45, 7) is 0.0454. The molecule has 12 rings (SSSR count). The van der Waals surface area contributed by atoms with E-state index in [-0.39, 0.29) is 6.71 Å². The van der Waals surface area contributed by atoms with Crippen LogP contribution in [0.2, 0.25) is 0 Å². The molecule has 0 saturated carbocycles. The molecule has 9 aromatic carbocycles. The molecule has 58 heavy (non-hydrogen) atoms. The Morgan fingerprint density at radius 2 is 0.759 bits per heavy atom. The number of rotatable bonds is 5. The first-order chi connectivity index (χ1) is 28.8. The van der Waals surface area contributed by atoms with Crippen LogP contribution in [-0.2, 0) is 0 Å². The second-order valence-corrected chi connectivity index (χ2v) is 15.3. The van der Waals surface area contributed by atoms with Gasteiger partial charge in [-0.15, -0.1) is 0 Å². The molecule has 2 aliphatic rings. The third-order valence-electron chi connectivity index (χ3n) is 12.2. The second kappa shape index (κ2) is 13.0. The van der Waals surface area contributed by atoms with Crippen molar-refractivity contribution in [2.75, 3.05) is 9.80 Å². The summed E-state index contributed by atoms with van der Waals surface area (Å²) in [5, 5.41) is 2.51. The van der Waals surface area contributed by atoms with Crippen molar-refractivity contribution in [3.63, 3.8) is 0 Å². The van der Waals surface area contributed by atoms with Gasteiger partial charge in [-0.05, 0) is 87.7 Å². The van der Waals surface area contributed by atoms with Gasteiger partial charge in [0.05, 0.1) is 28.1 Å². The molecule has 3 heterocycles. The number of nitrogens with zero attached hydrogens (tertiary/aromatic N) is 3. The van der Waals surface area contributed by atoms with Crippen molar-refractivity contribution >= 4 is 79.0 Å². The van der Waals surface area contributed by atoms with Gasteiger partial charge in [-0.1, -0.05) is 164 Å². The molecule has 0 radical (unpaired) electrons. The van der Waals surface area contributed by atoms with Crippen LogP contribution in [0.4, 0.5) is 34.1 Å². The average Bonchev–Trinajstić information content (AvgIpc) is 3.63. The van der Waals surface area contributed by atoms with Crippen LogP contribution in [0.25, 0.3) is 49.7 Å². The van der Waals surface area contributed by atoms with Crippen LogP contribution in [-0.4, -0.2) is 11.3 Å². The Hall–Kier alpha value is -7.56. The molecular weight excluding hydrogens is 701 g/mol. The van der Waals surface area contributed by atoms with E-state index in [0.29, 0.717) is 0 Å². The highest BCUT2D eigenvalue weighted by molar-refractivity contribution is 7.00. The van der Waals surface area contributed by atoms with Gasteiger partial charge in [-0.2, -0.15) is 0 Å². The number of hydrogen-bond acceptors (Lipinski definition) is 2. The van der Waals surface area contributed by atoms with Gasteiger partial charge in [0.15, 0.2) is 0 Å². The smallest absolute Gasteiger partial charge is 0.252 e. The molecule has 10 aromatic rings. The minimum Gasteiger partial charge on any atom is -0.311 e. The van der Waals surface area contributed by atoms with E-state index < -0.39 is 0 Å². The summed E-state index contributed by atoms with van der Waals surface area (Å²) in [6, 6.07) is 80.0. The van der Waals surface area contributed by atoms with Gasteiger partial charge in [0, 0.05) is 39.1 Å². The molecule has 4 heteroatoms. The Morgan fingerprint density at radius 3 is 1.38 bits per heavy atom. The highest BCUT2D eigenvalue weighted by atomic mass is 15.2. The topological polar surface area (TPSA) is 11.4 Å². The molecule has 0 saturated heterocycles. The number of benzene rings is 9. The molecule has 1 aromatic heterocycles. The maximum absolute atomic E-state index is 2.53. The Kier molecular flexibility index (Phi) is 7.33. The van der Waals surface area contributed by atoms with Gasteiger partial charge in [0.25, 0.3) is 6.71 Å². The van der Waals surface area contributed by atoms with E-state index in [9.17, 15) is 0 Å². The van der Waals surface area contributed by atoms with Gasteiger partial charge in [-0.25, -0.2) is 0 Å². The minimum atomic E-state index is 0.0454. The summed E-state index contributed by atoms with van der Waals surface area (Å²) < 4.78 is 2.45.